The maximum Gasteiger partial charge on any atom is 0.0587 e. The quantitative estimate of drug-likeness (QED) is 0.495. The molecular weight excluding hydrogens is 86.1 g/mol. The molecule has 0 aromatic rings. The molecule has 0 heterocycles. The number of hydrogen-bond donors (Lipinski definition) is 0. The minimum absolute atomic E-state index is 1.32. The molecule has 1 heteroatoms. The molecular formula is C6H13N. The van der Waals surface area contributed by atoms with E-state index in [1.54, 1.807) is 6.07 Å². The molecule has 0 radical (unpaired) electrons. The lowest BCUT2D eigenvalue weighted by Gasteiger charge is -1.68. The minimum atomic E-state index is 1.32. The predicted octanol–water partition coefficient (Wildman–Crippen LogP) is 2.34. The van der Waals surface area contributed by atoms with Crippen LogP contribution in [0.15, 0.2) is 0 Å². The van der Waals surface area contributed by atoms with Gasteiger partial charge in [-0.1, -0.05) is 26.7 Å². The summed E-state index contributed by atoms with van der Waals surface area (Å²) >= 11 is 0. The summed E-state index contributed by atoms with van der Waals surface area (Å²) in [5, 5.41) is 7.32. The highest BCUT2D eigenvalue weighted by atomic mass is 14.2. The predicted molar refractivity (Wildman–Crippen MR) is 31.9 cm³/mol. The lowest BCUT2D eigenvalue weighted by molar-refractivity contribution is 0.886. The molecule has 0 saturated carbocycles. The second-order valence-corrected chi connectivity index (χ2v) is 1.22. The van der Waals surface area contributed by atoms with Crippen molar-refractivity contribution in [3.8, 4) is 6.07 Å². The van der Waals surface area contributed by atoms with E-state index in [0.717, 1.165) is 0 Å². The van der Waals surface area contributed by atoms with E-state index in [9.17, 15) is 0 Å². The highest BCUT2D eigenvalue weighted by Crippen LogP contribution is 1.76. The van der Waals surface area contributed by atoms with Gasteiger partial charge in [0.15, 0.2) is 0 Å². The number of rotatable bonds is 1. The van der Waals surface area contributed by atoms with E-state index in [2.05, 4.69) is 13.8 Å². The Morgan fingerprint density at radius 1 is 1.29 bits per heavy atom. The van der Waals surface area contributed by atoms with Gasteiger partial charge in [-0.15, -0.1) is 0 Å². The number of unbranched alkanes of at least 4 members (excludes halogenated alkanes) is 1. The maximum atomic E-state index is 7.32. The average Bonchev–Trinajstić information content (AvgIpc) is 1.69. The molecule has 42 valence electrons. The largest absolute Gasteiger partial charge is 0.199 e. The molecule has 0 unspecified atom stereocenters. The first kappa shape index (κ1) is 9.70. The van der Waals surface area contributed by atoms with Crippen LogP contribution in [0.4, 0.5) is 0 Å². The molecule has 0 aromatic heterocycles. The molecule has 0 aliphatic carbocycles. The van der Waals surface area contributed by atoms with Crippen molar-refractivity contribution < 1.29 is 0 Å². The smallest absolute Gasteiger partial charge is 0.0587 e. The molecule has 0 aliphatic heterocycles. The van der Waals surface area contributed by atoms with Gasteiger partial charge in [0.05, 0.1) is 6.07 Å². The summed E-state index contributed by atoms with van der Waals surface area (Å²) in [6, 6.07) is 1.75. The van der Waals surface area contributed by atoms with Gasteiger partial charge in [0, 0.05) is 6.92 Å². The molecule has 0 aromatic carbocycles. The SMILES string of the molecule is CC#N.CCCC. The summed E-state index contributed by atoms with van der Waals surface area (Å²) in [6.45, 7) is 5.79. The van der Waals surface area contributed by atoms with Crippen molar-refractivity contribution in [3.05, 3.63) is 0 Å². The monoisotopic (exact) mass is 99.1 g/mol. The van der Waals surface area contributed by atoms with Gasteiger partial charge in [-0.2, -0.15) is 5.26 Å². The standard InChI is InChI=1S/C4H10.C2H3N/c1-3-4-2;1-2-3/h3-4H2,1-2H3;1H3. The van der Waals surface area contributed by atoms with Gasteiger partial charge in [0.25, 0.3) is 0 Å². The molecule has 0 atom stereocenters. The summed E-state index contributed by atoms with van der Waals surface area (Å²) in [7, 11) is 0. The van der Waals surface area contributed by atoms with Crippen molar-refractivity contribution >= 4 is 0 Å². The Balaban J connectivity index is 0. The fourth-order valence-electron chi connectivity index (χ4n) is 0. The van der Waals surface area contributed by atoms with Crippen LogP contribution in [-0.2, 0) is 0 Å². The lowest BCUT2D eigenvalue weighted by atomic mass is 10.4. The van der Waals surface area contributed by atoms with Crippen molar-refractivity contribution in [2.75, 3.05) is 0 Å². The van der Waals surface area contributed by atoms with Crippen LogP contribution in [0, 0.1) is 11.3 Å². The summed E-state index contributed by atoms with van der Waals surface area (Å²) in [4.78, 5) is 0. The minimum Gasteiger partial charge on any atom is -0.199 e. The Hall–Kier alpha value is -0.510. The zero-order valence-electron chi connectivity index (χ0n) is 5.36. The average molecular weight is 99.2 g/mol. The van der Waals surface area contributed by atoms with Crippen molar-refractivity contribution in [2.24, 2.45) is 0 Å². The molecule has 7 heavy (non-hydrogen) atoms. The number of hydrogen-bond acceptors (Lipinski definition) is 1. The zero-order valence-corrected chi connectivity index (χ0v) is 5.36. The Bertz CT molecular complexity index is 40.6. The second-order valence-electron chi connectivity index (χ2n) is 1.22. The maximum absolute atomic E-state index is 7.32. The van der Waals surface area contributed by atoms with Crippen LogP contribution in [0.5, 0.6) is 0 Å². The fraction of sp³-hybridized carbons (Fsp3) is 0.833. The molecule has 0 fully saturated rings. The van der Waals surface area contributed by atoms with Crippen LogP contribution in [0.1, 0.15) is 33.6 Å². The first-order valence-corrected chi connectivity index (χ1v) is 2.64. The van der Waals surface area contributed by atoms with Crippen LogP contribution < -0.4 is 0 Å². The van der Waals surface area contributed by atoms with E-state index in [4.69, 9.17) is 5.26 Å². The van der Waals surface area contributed by atoms with Crippen molar-refractivity contribution in [1.29, 1.82) is 5.26 Å². The Morgan fingerprint density at radius 2 is 1.43 bits per heavy atom. The van der Waals surface area contributed by atoms with Crippen LogP contribution in [0.25, 0.3) is 0 Å². The van der Waals surface area contributed by atoms with E-state index in [1.165, 1.54) is 19.8 Å². The van der Waals surface area contributed by atoms with Crippen LogP contribution >= 0.6 is 0 Å². The fourth-order valence-corrected chi connectivity index (χ4v) is 0. The summed E-state index contributed by atoms with van der Waals surface area (Å²) in [5.41, 5.74) is 0. The van der Waals surface area contributed by atoms with Gasteiger partial charge in [0.1, 0.15) is 0 Å². The lowest BCUT2D eigenvalue weighted by Crippen LogP contribution is -1.47. The molecule has 0 spiro atoms. The van der Waals surface area contributed by atoms with E-state index < -0.39 is 0 Å². The topological polar surface area (TPSA) is 23.8 Å². The normalized spacial score (nSPS) is 5.43. The summed E-state index contributed by atoms with van der Waals surface area (Å²) in [6.07, 6.45) is 2.64. The third-order valence-corrected chi connectivity index (χ3v) is 0.500. The van der Waals surface area contributed by atoms with Crippen molar-refractivity contribution in [1.82, 2.24) is 0 Å². The van der Waals surface area contributed by atoms with Crippen LogP contribution in [-0.4, -0.2) is 0 Å². The third-order valence-electron chi connectivity index (χ3n) is 0.500. The molecule has 0 saturated heterocycles. The van der Waals surface area contributed by atoms with Gasteiger partial charge < -0.3 is 0 Å². The van der Waals surface area contributed by atoms with E-state index in [0.29, 0.717) is 0 Å². The van der Waals surface area contributed by atoms with Crippen LogP contribution in [0.3, 0.4) is 0 Å². The van der Waals surface area contributed by atoms with Crippen LogP contribution in [0.2, 0.25) is 0 Å². The van der Waals surface area contributed by atoms with E-state index >= 15 is 0 Å². The van der Waals surface area contributed by atoms with Gasteiger partial charge in [-0.25, -0.2) is 0 Å². The molecule has 0 aliphatic rings. The van der Waals surface area contributed by atoms with E-state index in [-0.39, 0.29) is 0 Å². The van der Waals surface area contributed by atoms with Crippen molar-refractivity contribution in [2.45, 2.75) is 33.6 Å². The first-order chi connectivity index (χ1) is 3.33. The number of nitrogens with zero attached hydrogens (tertiary/aromatic N) is 1. The number of nitriles is 1. The second kappa shape index (κ2) is 17.9. The Morgan fingerprint density at radius 3 is 1.43 bits per heavy atom. The van der Waals surface area contributed by atoms with Gasteiger partial charge >= 0.3 is 0 Å². The highest BCUT2D eigenvalue weighted by molar-refractivity contribution is 4.51. The molecule has 1 nitrogen and oxygen atoms in total. The molecule has 0 bridgehead atoms. The van der Waals surface area contributed by atoms with E-state index in [1.807, 2.05) is 0 Å². The Kier molecular flexibility index (Phi) is 24.7. The summed E-state index contributed by atoms with van der Waals surface area (Å²) in [5.74, 6) is 0. The third kappa shape index (κ3) is 279. The molecule has 0 N–H and O–H groups in total. The molecule has 0 amide bonds. The molecule has 0 rings (SSSR count). The van der Waals surface area contributed by atoms with Gasteiger partial charge in [-0.05, 0) is 0 Å². The van der Waals surface area contributed by atoms with Gasteiger partial charge in [0.2, 0.25) is 0 Å². The van der Waals surface area contributed by atoms with Gasteiger partial charge in [-0.3, -0.25) is 0 Å². The first-order valence-electron chi connectivity index (χ1n) is 2.64. The van der Waals surface area contributed by atoms with Crippen molar-refractivity contribution in [3.63, 3.8) is 0 Å². The summed E-state index contributed by atoms with van der Waals surface area (Å²) < 4.78 is 0. The zero-order chi connectivity index (χ0) is 6.12. The Labute approximate surface area is 46.0 Å². The highest BCUT2D eigenvalue weighted by Gasteiger charge is 1.56.